The zero-order valence-corrected chi connectivity index (χ0v) is 14.8. The Bertz CT molecular complexity index is 668. The van der Waals surface area contributed by atoms with E-state index in [1.807, 2.05) is 13.8 Å². The number of carbonyl (C=O) groups is 1. The highest BCUT2D eigenvalue weighted by atomic mass is 35.5. The lowest BCUT2D eigenvalue weighted by Crippen LogP contribution is -2.15. The summed E-state index contributed by atoms with van der Waals surface area (Å²) in [6.45, 7) is 3.90. The average Bonchev–Trinajstić information content (AvgIpc) is 2.89. The van der Waals surface area contributed by atoms with Gasteiger partial charge in [0.25, 0.3) is 0 Å². The summed E-state index contributed by atoms with van der Waals surface area (Å²) in [7, 11) is 0. The standard InChI is InChI=1S/C12H12Cl3N5OS/c1-6(2)20-12(17-18-19-20)22-5-10(21)16-11-8(14)3-7(13)4-9(11)15/h3-4,6H,5H2,1-2H3,(H,16,21). The van der Waals surface area contributed by atoms with E-state index in [4.69, 9.17) is 34.8 Å². The van der Waals surface area contributed by atoms with Crippen molar-refractivity contribution in [2.24, 2.45) is 0 Å². The molecule has 118 valence electrons. The Morgan fingerprint density at radius 1 is 1.32 bits per heavy atom. The first kappa shape index (κ1) is 17.3. The first-order valence-corrected chi connectivity index (χ1v) is 8.35. The van der Waals surface area contributed by atoms with Gasteiger partial charge < -0.3 is 5.32 Å². The van der Waals surface area contributed by atoms with Crippen LogP contribution in [0.15, 0.2) is 17.3 Å². The van der Waals surface area contributed by atoms with Crippen LogP contribution in [0.1, 0.15) is 19.9 Å². The van der Waals surface area contributed by atoms with Gasteiger partial charge in [-0.05, 0) is 36.4 Å². The zero-order chi connectivity index (χ0) is 16.3. The van der Waals surface area contributed by atoms with Gasteiger partial charge in [0.15, 0.2) is 0 Å². The molecule has 22 heavy (non-hydrogen) atoms. The highest BCUT2D eigenvalue weighted by Gasteiger charge is 2.14. The van der Waals surface area contributed by atoms with Crippen LogP contribution < -0.4 is 5.32 Å². The summed E-state index contributed by atoms with van der Waals surface area (Å²) < 4.78 is 1.64. The first-order chi connectivity index (χ1) is 10.4. The predicted octanol–water partition coefficient (Wildman–Crippen LogP) is 3.95. The minimum absolute atomic E-state index is 0.112. The van der Waals surface area contributed by atoms with Crippen molar-refractivity contribution < 1.29 is 4.79 Å². The van der Waals surface area contributed by atoms with Crippen molar-refractivity contribution in [2.75, 3.05) is 11.1 Å². The number of aromatic nitrogens is 4. The summed E-state index contributed by atoms with van der Waals surface area (Å²) in [5, 5.41) is 15.5. The number of hydrogen-bond acceptors (Lipinski definition) is 5. The van der Waals surface area contributed by atoms with Crippen molar-refractivity contribution in [2.45, 2.75) is 25.0 Å². The molecule has 1 aromatic carbocycles. The Morgan fingerprint density at radius 3 is 2.55 bits per heavy atom. The van der Waals surface area contributed by atoms with Crippen LogP contribution in [-0.4, -0.2) is 31.9 Å². The molecule has 0 fully saturated rings. The number of rotatable bonds is 5. The Morgan fingerprint density at radius 2 is 1.95 bits per heavy atom. The molecule has 2 aromatic rings. The van der Waals surface area contributed by atoms with Gasteiger partial charge in [0.2, 0.25) is 11.1 Å². The molecule has 6 nitrogen and oxygen atoms in total. The van der Waals surface area contributed by atoms with Crippen LogP contribution in [0.25, 0.3) is 0 Å². The molecule has 0 aliphatic carbocycles. The van der Waals surface area contributed by atoms with E-state index < -0.39 is 0 Å². The molecule has 1 heterocycles. The molecular formula is C12H12Cl3N5OS. The van der Waals surface area contributed by atoms with Crippen molar-refractivity contribution in [3.63, 3.8) is 0 Å². The number of nitrogens with one attached hydrogen (secondary N) is 1. The summed E-state index contributed by atoms with van der Waals surface area (Å²) >= 11 is 19.1. The van der Waals surface area contributed by atoms with Crippen molar-refractivity contribution in [3.05, 3.63) is 27.2 Å². The van der Waals surface area contributed by atoms with Crippen molar-refractivity contribution in [3.8, 4) is 0 Å². The highest BCUT2D eigenvalue weighted by molar-refractivity contribution is 7.99. The maximum absolute atomic E-state index is 12.0. The van der Waals surface area contributed by atoms with Crippen LogP contribution in [0.5, 0.6) is 0 Å². The number of carbonyl (C=O) groups excluding carboxylic acids is 1. The maximum Gasteiger partial charge on any atom is 0.234 e. The summed E-state index contributed by atoms with van der Waals surface area (Å²) in [5.74, 6) is -0.142. The highest BCUT2D eigenvalue weighted by Crippen LogP contribution is 2.33. The Labute approximate surface area is 146 Å². The van der Waals surface area contributed by atoms with E-state index in [0.717, 1.165) is 0 Å². The van der Waals surface area contributed by atoms with Gasteiger partial charge in [-0.1, -0.05) is 46.6 Å². The average molecular weight is 381 g/mol. The van der Waals surface area contributed by atoms with E-state index in [9.17, 15) is 4.79 Å². The number of thioether (sulfide) groups is 1. The molecule has 1 aromatic heterocycles. The number of tetrazole rings is 1. The van der Waals surface area contributed by atoms with E-state index in [-0.39, 0.29) is 27.7 Å². The summed E-state index contributed by atoms with van der Waals surface area (Å²) in [4.78, 5) is 12.0. The lowest BCUT2D eigenvalue weighted by Gasteiger charge is -2.10. The predicted molar refractivity (Wildman–Crippen MR) is 89.0 cm³/mol. The summed E-state index contributed by atoms with van der Waals surface area (Å²) in [6.07, 6.45) is 0. The SMILES string of the molecule is CC(C)n1nnnc1SCC(=O)Nc1c(Cl)cc(Cl)cc1Cl. The molecule has 1 amide bonds. The Balaban J connectivity index is 2.01. The second-order valence-corrected chi connectivity index (χ2v) is 6.77. The minimum atomic E-state index is -0.269. The maximum atomic E-state index is 12.0. The lowest BCUT2D eigenvalue weighted by molar-refractivity contribution is -0.113. The summed E-state index contributed by atoms with van der Waals surface area (Å²) in [6, 6.07) is 3.13. The second kappa shape index (κ2) is 7.50. The van der Waals surface area contributed by atoms with E-state index in [1.54, 1.807) is 4.68 Å². The molecule has 10 heteroatoms. The van der Waals surface area contributed by atoms with Crippen LogP contribution in [0.3, 0.4) is 0 Å². The fourth-order valence-corrected chi connectivity index (χ4v) is 3.29. The molecule has 0 aliphatic heterocycles. The molecule has 0 saturated heterocycles. The first-order valence-electron chi connectivity index (χ1n) is 6.23. The molecule has 1 N–H and O–H groups in total. The van der Waals surface area contributed by atoms with E-state index in [2.05, 4.69) is 20.8 Å². The van der Waals surface area contributed by atoms with Gasteiger partial charge in [-0.3, -0.25) is 4.79 Å². The van der Waals surface area contributed by atoms with Crippen LogP contribution in [0.4, 0.5) is 5.69 Å². The van der Waals surface area contributed by atoms with E-state index >= 15 is 0 Å². The minimum Gasteiger partial charge on any atom is -0.323 e. The fourth-order valence-electron chi connectivity index (χ4n) is 1.57. The molecule has 0 bridgehead atoms. The molecule has 0 spiro atoms. The largest absolute Gasteiger partial charge is 0.323 e. The molecule has 0 aliphatic rings. The van der Waals surface area contributed by atoms with Crippen LogP contribution in [-0.2, 0) is 4.79 Å². The number of benzene rings is 1. The third kappa shape index (κ3) is 4.25. The molecule has 2 rings (SSSR count). The van der Waals surface area contributed by atoms with Gasteiger partial charge in [0.1, 0.15) is 0 Å². The third-order valence-electron chi connectivity index (χ3n) is 2.56. The molecular weight excluding hydrogens is 369 g/mol. The number of anilines is 1. The van der Waals surface area contributed by atoms with Crippen LogP contribution in [0.2, 0.25) is 15.1 Å². The quantitative estimate of drug-likeness (QED) is 0.795. The van der Waals surface area contributed by atoms with Crippen molar-refractivity contribution in [1.29, 1.82) is 0 Å². The normalized spacial score (nSPS) is 11.0. The van der Waals surface area contributed by atoms with Gasteiger partial charge in [-0.25, -0.2) is 4.68 Å². The smallest absolute Gasteiger partial charge is 0.234 e. The van der Waals surface area contributed by atoms with Gasteiger partial charge >= 0.3 is 0 Å². The molecule has 0 saturated carbocycles. The number of nitrogens with zero attached hydrogens (tertiary/aromatic N) is 4. The molecule has 0 atom stereocenters. The number of amides is 1. The van der Waals surface area contributed by atoms with Crippen LogP contribution >= 0.6 is 46.6 Å². The lowest BCUT2D eigenvalue weighted by atomic mass is 10.3. The van der Waals surface area contributed by atoms with Crippen molar-refractivity contribution >= 4 is 58.2 Å². The molecule has 0 radical (unpaired) electrons. The van der Waals surface area contributed by atoms with Crippen LogP contribution in [0, 0.1) is 0 Å². The van der Waals surface area contributed by atoms with Gasteiger partial charge in [0, 0.05) is 5.02 Å². The second-order valence-electron chi connectivity index (χ2n) is 4.58. The number of halogens is 3. The van der Waals surface area contributed by atoms with Crippen molar-refractivity contribution in [1.82, 2.24) is 20.2 Å². The third-order valence-corrected chi connectivity index (χ3v) is 4.30. The van der Waals surface area contributed by atoms with E-state index in [0.29, 0.717) is 15.9 Å². The Kier molecular flexibility index (Phi) is 5.91. The zero-order valence-electron chi connectivity index (χ0n) is 11.7. The van der Waals surface area contributed by atoms with Gasteiger partial charge in [0.05, 0.1) is 27.5 Å². The Hall–Kier alpha value is -1.02. The van der Waals surface area contributed by atoms with E-state index in [1.165, 1.54) is 23.9 Å². The topological polar surface area (TPSA) is 72.7 Å². The van der Waals surface area contributed by atoms with Gasteiger partial charge in [-0.2, -0.15) is 0 Å². The summed E-state index contributed by atoms with van der Waals surface area (Å²) in [5.41, 5.74) is 0.335. The molecule has 0 unspecified atom stereocenters. The van der Waals surface area contributed by atoms with Gasteiger partial charge in [-0.15, -0.1) is 5.10 Å². The monoisotopic (exact) mass is 379 g/mol. The fraction of sp³-hybridized carbons (Fsp3) is 0.333. The number of hydrogen-bond donors (Lipinski definition) is 1.